The molecule has 9 heteroatoms. The van der Waals surface area contributed by atoms with Crippen molar-refractivity contribution in [2.75, 3.05) is 4.90 Å². The number of aromatic nitrogens is 4. The van der Waals surface area contributed by atoms with Crippen molar-refractivity contribution in [3.63, 3.8) is 0 Å². The number of carbonyl (C=O) groups is 1. The van der Waals surface area contributed by atoms with E-state index in [1.807, 2.05) is 19.9 Å². The van der Waals surface area contributed by atoms with Gasteiger partial charge in [-0.1, -0.05) is 0 Å². The van der Waals surface area contributed by atoms with Crippen LogP contribution in [0.3, 0.4) is 0 Å². The van der Waals surface area contributed by atoms with Crippen molar-refractivity contribution in [1.29, 1.82) is 5.26 Å². The molecule has 0 unspecified atom stereocenters. The number of amides is 1. The molecular formula is C25H31N7O2. The van der Waals surface area contributed by atoms with Gasteiger partial charge in [-0.3, -0.25) is 9.78 Å². The van der Waals surface area contributed by atoms with E-state index in [0.717, 1.165) is 31.4 Å². The Morgan fingerprint density at radius 3 is 2.53 bits per heavy atom. The Balaban J connectivity index is 1.75. The Kier molecular flexibility index (Phi) is 6.28. The summed E-state index contributed by atoms with van der Waals surface area (Å²) in [5, 5.41) is 23.9. The maximum atomic E-state index is 12.4. The fourth-order valence-corrected chi connectivity index (χ4v) is 5.07. The molecule has 0 saturated heterocycles. The summed E-state index contributed by atoms with van der Waals surface area (Å²) < 4.78 is 1.55. The number of anilines is 1. The number of primary amides is 1. The second-order valence-electron chi connectivity index (χ2n) is 9.89. The molecule has 9 nitrogen and oxygen atoms in total. The van der Waals surface area contributed by atoms with E-state index >= 15 is 0 Å². The van der Waals surface area contributed by atoms with Gasteiger partial charge in [0.2, 0.25) is 0 Å². The molecule has 34 heavy (non-hydrogen) atoms. The second-order valence-corrected chi connectivity index (χ2v) is 9.89. The number of pyridine rings is 1. The summed E-state index contributed by atoms with van der Waals surface area (Å²) in [6, 6.07) is 4.29. The summed E-state index contributed by atoms with van der Waals surface area (Å²) in [6.45, 7) is 7.96. The lowest BCUT2D eigenvalue weighted by atomic mass is 9.76. The molecule has 0 aliphatic heterocycles. The molecule has 1 amide bonds. The first kappa shape index (κ1) is 23.6. The molecule has 3 N–H and O–H groups in total. The van der Waals surface area contributed by atoms with Crippen molar-refractivity contribution < 1.29 is 9.90 Å². The highest BCUT2D eigenvalue weighted by Crippen LogP contribution is 2.38. The van der Waals surface area contributed by atoms with Gasteiger partial charge in [-0.25, -0.2) is 9.50 Å². The van der Waals surface area contributed by atoms with Gasteiger partial charge in [0.05, 0.1) is 46.1 Å². The number of hydrogen-bond donors (Lipinski definition) is 2. The van der Waals surface area contributed by atoms with Gasteiger partial charge in [0.25, 0.3) is 5.91 Å². The molecular weight excluding hydrogens is 430 g/mol. The molecule has 4 rings (SSSR count). The molecule has 3 aromatic heterocycles. The highest BCUT2D eigenvalue weighted by Gasteiger charge is 2.35. The lowest BCUT2D eigenvalue weighted by Crippen LogP contribution is -2.46. The zero-order chi connectivity index (χ0) is 24.6. The second kappa shape index (κ2) is 9.03. The number of nitriles is 1. The van der Waals surface area contributed by atoms with Gasteiger partial charge < -0.3 is 15.7 Å². The van der Waals surface area contributed by atoms with E-state index in [0.29, 0.717) is 28.0 Å². The van der Waals surface area contributed by atoms with Crippen LogP contribution in [0.4, 0.5) is 5.69 Å². The van der Waals surface area contributed by atoms with Crippen molar-refractivity contribution in [2.24, 2.45) is 11.7 Å². The van der Waals surface area contributed by atoms with Crippen LogP contribution in [0.2, 0.25) is 0 Å². The molecule has 3 heterocycles. The fourth-order valence-electron chi connectivity index (χ4n) is 5.07. The first-order valence-corrected chi connectivity index (χ1v) is 11.6. The Morgan fingerprint density at radius 1 is 1.24 bits per heavy atom. The zero-order valence-electron chi connectivity index (χ0n) is 20.1. The van der Waals surface area contributed by atoms with Crippen molar-refractivity contribution in [1.82, 2.24) is 19.6 Å². The topological polar surface area (TPSA) is 133 Å². The molecule has 0 bridgehead atoms. The van der Waals surface area contributed by atoms with E-state index in [1.165, 1.54) is 12.4 Å². The normalized spacial score (nSPS) is 18.7. The fraction of sp³-hybridized carbons (Fsp3) is 0.480. The van der Waals surface area contributed by atoms with Crippen LogP contribution in [0.15, 0.2) is 30.9 Å². The summed E-state index contributed by atoms with van der Waals surface area (Å²) >= 11 is 0. The standard InChI is InChI=1S/C25H31N7O2/c1-15(2)32(18-7-5-17(6-8-18)25(3,4)34)22-9-21(28-12-20(22)23(27)33)19-13-30-31-14-16(10-26)11-29-24(19)31/h9,11-15,17-18,34H,5-8H2,1-4H3,(H2,27,33). The van der Waals surface area contributed by atoms with Crippen LogP contribution >= 0.6 is 0 Å². The van der Waals surface area contributed by atoms with Crippen molar-refractivity contribution in [3.8, 4) is 17.3 Å². The van der Waals surface area contributed by atoms with Gasteiger partial charge in [-0.05, 0) is 65.4 Å². The van der Waals surface area contributed by atoms with Crippen molar-refractivity contribution in [2.45, 2.75) is 71.1 Å². The molecule has 0 atom stereocenters. The third kappa shape index (κ3) is 4.46. The molecule has 1 aliphatic rings. The molecule has 0 aromatic carbocycles. The van der Waals surface area contributed by atoms with E-state index in [4.69, 9.17) is 11.0 Å². The first-order chi connectivity index (χ1) is 16.1. The molecule has 1 saturated carbocycles. The number of rotatable bonds is 6. The first-order valence-electron chi connectivity index (χ1n) is 11.6. The molecule has 1 fully saturated rings. The number of carbonyl (C=O) groups excluding carboxylic acids is 1. The third-order valence-corrected chi connectivity index (χ3v) is 6.83. The lowest BCUT2D eigenvalue weighted by molar-refractivity contribution is -0.00176. The molecule has 3 aromatic rings. The van der Waals surface area contributed by atoms with Crippen LogP contribution in [-0.4, -0.2) is 48.3 Å². The van der Waals surface area contributed by atoms with E-state index < -0.39 is 11.5 Å². The van der Waals surface area contributed by atoms with Crippen molar-refractivity contribution in [3.05, 3.63) is 42.0 Å². The summed E-state index contributed by atoms with van der Waals surface area (Å²) in [5.41, 5.74) is 8.49. The summed E-state index contributed by atoms with van der Waals surface area (Å²) in [7, 11) is 0. The van der Waals surface area contributed by atoms with E-state index in [-0.39, 0.29) is 18.0 Å². The lowest BCUT2D eigenvalue weighted by Gasteiger charge is -2.43. The molecule has 178 valence electrons. The average molecular weight is 462 g/mol. The van der Waals surface area contributed by atoms with Crippen molar-refractivity contribution >= 4 is 17.2 Å². The average Bonchev–Trinajstić information content (AvgIpc) is 3.21. The van der Waals surface area contributed by atoms with Gasteiger partial charge in [0, 0.05) is 24.5 Å². The Morgan fingerprint density at radius 2 is 1.94 bits per heavy atom. The number of nitrogens with zero attached hydrogens (tertiary/aromatic N) is 6. The van der Waals surface area contributed by atoms with E-state index in [9.17, 15) is 9.90 Å². The van der Waals surface area contributed by atoms with Crippen LogP contribution in [0.1, 0.15) is 69.3 Å². The minimum atomic E-state index is -0.697. The van der Waals surface area contributed by atoms with Crippen LogP contribution < -0.4 is 10.6 Å². The van der Waals surface area contributed by atoms with Gasteiger partial charge in [-0.2, -0.15) is 10.4 Å². The highest BCUT2D eigenvalue weighted by molar-refractivity contribution is 5.99. The van der Waals surface area contributed by atoms with Crippen LogP contribution in [0, 0.1) is 17.2 Å². The quantitative estimate of drug-likeness (QED) is 0.575. The van der Waals surface area contributed by atoms with Gasteiger partial charge in [0.1, 0.15) is 6.07 Å². The van der Waals surface area contributed by atoms with E-state index in [2.05, 4.69) is 39.9 Å². The number of hydrogen-bond acceptors (Lipinski definition) is 7. The predicted molar refractivity (Wildman–Crippen MR) is 129 cm³/mol. The maximum Gasteiger partial charge on any atom is 0.252 e. The van der Waals surface area contributed by atoms with Gasteiger partial charge >= 0.3 is 0 Å². The Labute approximate surface area is 199 Å². The Bertz CT molecular complexity index is 1240. The SMILES string of the molecule is CC(C)N(c1cc(-c2cnn3cc(C#N)cnc23)ncc1C(N)=O)C1CCC(C(C)(C)O)CC1. The predicted octanol–water partition coefficient (Wildman–Crippen LogP) is 3.31. The van der Waals surface area contributed by atoms with Gasteiger partial charge in [-0.15, -0.1) is 0 Å². The maximum absolute atomic E-state index is 12.4. The highest BCUT2D eigenvalue weighted by atomic mass is 16.3. The minimum absolute atomic E-state index is 0.122. The van der Waals surface area contributed by atoms with Crippen LogP contribution in [-0.2, 0) is 0 Å². The largest absolute Gasteiger partial charge is 0.390 e. The third-order valence-electron chi connectivity index (χ3n) is 6.83. The monoisotopic (exact) mass is 461 g/mol. The van der Waals surface area contributed by atoms with Crippen LogP contribution in [0.25, 0.3) is 16.9 Å². The Hall–Kier alpha value is -3.51. The number of aliphatic hydroxyl groups is 1. The summed E-state index contributed by atoms with van der Waals surface area (Å²) in [4.78, 5) is 23.5. The van der Waals surface area contributed by atoms with E-state index in [1.54, 1.807) is 16.9 Å². The van der Waals surface area contributed by atoms with Crippen LogP contribution in [0.5, 0.6) is 0 Å². The minimum Gasteiger partial charge on any atom is -0.390 e. The summed E-state index contributed by atoms with van der Waals surface area (Å²) in [5.74, 6) is -0.272. The molecule has 1 aliphatic carbocycles. The summed E-state index contributed by atoms with van der Waals surface area (Å²) in [6.07, 6.45) is 9.97. The molecule has 0 radical (unpaired) electrons. The number of nitrogens with two attached hydrogens (primary N) is 1. The smallest absolute Gasteiger partial charge is 0.252 e. The van der Waals surface area contributed by atoms with Gasteiger partial charge in [0.15, 0.2) is 5.65 Å². The number of fused-ring (bicyclic) bond motifs is 1. The molecule has 0 spiro atoms. The zero-order valence-corrected chi connectivity index (χ0v) is 20.1.